The van der Waals surface area contributed by atoms with E-state index in [4.69, 9.17) is 0 Å². The smallest absolute Gasteiger partial charge is 0.182 e. The Balaban J connectivity index is 1.30. The minimum Gasteiger partial charge on any atom is -0.365 e. The van der Waals surface area contributed by atoms with Crippen molar-refractivity contribution in [2.75, 3.05) is 25.5 Å². The average Bonchev–Trinajstić information content (AvgIpc) is 3.33. The molecule has 0 saturated carbocycles. The van der Waals surface area contributed by atoms with Crippen LogP contribution >= 0.6 is 11.3 Å². The maximum atomic E-state index is 4.60. The quantitative estimate of drug-likeness (QED) is 0.694. The highest BCUT2D eigenvalue weighted by Gasteiger charge is 2.23. The van der Waals surface area contributed by atoms with Crippen molar-refractivity contribution in [3.05, 3.63) is 64.4 Å². The molecule has 3 heterocycles. The highest BCUT2D eigenvalue weighted by molar-refractivity contribution is 7.13. The number of aromatic nitrogens is 3. The van der Waals surface area contributed by atoms with E-state index < -0.39 is 0 Å². The van der Waals surface area contributed by atoms with Gasteiger partial charge in [0.25, 0.3) is 0 Å². The van der Waals surface area contributed by atoms with E-state index in [1.165, 1.54) is 35.5 Å². The van der Waals surface area contributed by atoms with Crippen LogP contribution in [0.2, 0.25) is 0 Å². The molecule has 4 rings (SSSR count). The zero-order valence-corrected chi connectivity index (χ0v) is 15.9. The molecule has 0 bridgehead atoms. The molecule has 0 spiro atoms. The Morgan fingerprint density at radius 1 is 1.23 bits per heavy atom. The second-order valence-corrected chi connectivity index (χ2v) is 7.78. The highest BCUT2D eigenvalue weighted by Crippen LogP contribution is 2.28. The van der Waals surface area contributed by atoms with Gasteiger partial charge in [-0.25, -0.2) is 4.98 Å². The molecule has 0 unspecified atom stereocenters. The van der Waals surface area contributed by atoms with Crippen LogP contribution in [0, 0.1) is 0 Å². The van der Waals surface area contributed by atoms with E-state index in [9.17, 15) is 0 Å². The third kappa shape index (κ3) is 4.14. The van der Waals surface area contributed by atoms with Gasteiger partial charge in [-0.2, -0.15) is 5.10 Å². The first-order valence-electron chi connectivity index (χ1n) is 9.23. The van der Waals surface area contributed by atoms with Crippen LogP contribution in [-0.2, 0) is 13.0 Å². The number of thiazole rings is 1. The molecule has 0 radical (unpaired) electrons. The number of hydrogen-bond acceptors (Lipinski definition) is 5. The molecule has 1 saturated heterocycles. The van der Waals surface area contributed by atoms with Crippen molar-refractivity contribution in [3.8, 4) is 0 Å². The third-order valence-corrected chi connectivity index (χ3v) is 5.95. The van der Waals surface area contributed by atoms with Crippen LogP contribution in [0.25, 0.3) is 0 Å². The van der Waals surface area contributed by atoms with Gasteiger partial charge in [0.1, 0.15) is 0 Å². The first-order chi connectivity index (χ1) is 12.8. The predicted molar refractivity (Wildman–Crippen MR) is 107 cm³/mol. The molecule has 0 aliphatic carbocycles. The van der Waals surface area contributed by atoms with Gasteiger partial charge in [0.05, 0.1) is 11.4 Å². The first-order valence-corrected chi connectivity index (χ1v) is 10.1. The molecule has 136 valence electrons. The van der Waals surface area contributed by atoms with Crippen LogP contribution in [0.1, 0.15) is 41.4 Å². The Labute approximate surface area is 158 Å². The molecule has 2 aromatic heterocycles. The number of anilines is 1. The van der Waals surface area contributed by atoms with Gasteiger partial charge in [0.15, 0.2) is 5.13 Å². The number of benzene rings is 1. The average molecular weight is 368 g/mol. The number of piperidine rings is 1. The van der Waals surface area contributed by atoms with Crippen molar-refractivity contribution >= 4 is 16.5 Å². The van der Waals surface area contributed by atoms with E-state index in [1.807, 2.05) is 7.05 Å². The Hall–Kier alpha value is -2.18. The Bertz CT molecular complexity index is 818. The normalized spacial score (nSPS) is 16.0. The summed E-state index contributed by atoms with van der Waals surface area (Å²) in [4.78, 5) is 7.09. The standard InChI is InChI=1S/C20H25N5S/c1-21-20-22-18(14-26-20)13-25-9-7-16(8-10-25)19-12-17(23-24-19)11-15-5-3-2-4-6-15/h2-6,12,14,16H,7-11,13H2,1H3,(H,21,22)(H,23,24). The van der Waals surface area contributed by atoms with E-state index in [-0.39, 0.29) is 0 Å². The van der Waals surface area contributed by atoms with Crippen molar-refractivity contribution in [2.45, 2.75) is 31.7 Å². The minimum atomic E-state index is 0.565. The van der Waals surface area contributed by atoms with Gasteiger partial charge in [-0.1, -0.05) is 30.3 Å². The topological polar surface area (TPSA) is 56.8 Å². The number of H-pyrrole nitrogens is 1. The van der Waals surface area contributed by atoms with Crippen molar-refractivity contribution in [2.24, 2.45) is 0 Å². The number of aromatic amines is 1. The number of likely N-dealkylation sites (tertiary alicyclic amines) is 1. The lowest BCUT2D eigenvalue weighted by molar-refractivity contribution is 0.201. The lowest BCUT2D eigenvalue weighted by Gasteiger charge is -2.30. The largest absolute Gasteiger partial charge is 0.365 e. The van der Waals surface area contributed by atoms with Gasteiger partial charge in [-0.3, -0.25) is 10.00 Å². The molecule has 1 aromatic carbocycles. The predicted octanol–water partition coefficient (Wildman–Crippen LogP) is 3.88. The van der Waals surface area contributed by atoms with Gasteiger partial charge in [-0.15, -0.1) is 11.3 Å². The lowest BCUT2D eigenvalue weighted by atomic mass is 9.93. The van der Waals surface area contributed by atoms with Gasteiger partial charge in [0, 0.05) is 37.0 Å². The third-order valence-electron chi connectivity index (χ3n) is 5.05. The first kappa shape index (κ1) is 17.2. The van der Waals surface area contributed by atoms with Crippen molar-refractivity contribution in [3.63, 3.8) is 0 Å². The molecule has 26 heavy (non-hydrogen) atoms. The van der Waals surface area contributed by atoms with E-state index in [0.29, 0.717) is 5.92 Å². The summed E-state index contributed by atoms with van der Waals surface area (Å²) < 4.78 is 0. The summed E-state index contributed by atoms with van der Waals surface area (Å²) in [5, 5.41) is 14.1. The van der Waals surface area contributed by atoms with Crippen LogP contribution in [0.3, 0.4) is 0 Å². The summed E-state index contributed by atoms with van der Waals surface area (Å²) in [6.45, 7) is 3.17. The van der Waals surface area contributed by atoms with E-state index in [0.717, 1.165) is 31.2 Å². The number of hydrogen-bond donors (Lipinski definition) is 2. The van der Waals surface area contributed by atoms with E-state index >= 15 is 0 Å². The zero-order chi connectivity index (χ0) is 17.8. The molecule has 1 fully saturated rings. The maximum absolute atomic E-state index is 4.60. The fourth-order valence-electron chi connectivity index (χ4n) is 3.61. The van der Waals surface area contributed by atoms with Gasteiger partial charge < -0.3 is 5.32 Å². The van der Waals surface area contributed by atoms with Gasteiger partial charge in [0.2, 0.25) is 0 Å². The molecular weight excluding hydrogens is 342 g/mol. The summed E-state index contributed by atoms with van der Waals surface area (Å²) in [7, 11) is 1.92. The van der Waals surface area contributed by atoms with Crippen molar-refractivity contribution in [1.29, 1.82) is 0 Å². The molecule has 6 heteroatoms. The number of nitrogens with one attached hydrogen (secondary N) is 2. The van der Waals surface area contributed by atoms with Crippen molar-refractivity contribution < 1.29 is 0 Å². The molecule has 3 aromatic rings. The summed E-state index contributed by atoms with van der Waals surface area (Å²) >= 11 is 1.68. The Morgan fingerprint density at radius 2 is 2.04 bits per heavy atom. The minimum absolute atomic E-state index is 0.565. The molecule has 0 amide bonds. The second-order valence-electron chi connectivity index (χ2n) is 6.92. The molecule has 2 N–H and O–H groups in total. The highest BCUT2D eigenvalue weighted by atomic mass is 32.1. The fourth-order valence-corrected chi connectivity index (χ4v) is 4.27. The Morgan fingerprint density at radius 3 is 2.77 bits per heavy atom. The summed E-state index contributed by atoms with van der Waals surface area (Å²) in [6, 6.07) is 12.8. The van der Waals surface area contributed by atoms with Crippen LogP contribution in [0.5, 0.6) is 0 Å². The summed E-state index contributed by atoms with van der Waals surface area (Å²) in [5.41, 5.74) is 4.92. The fraction of sp³-hybridized carbons (Fsp3) is 0.400. The monoisotopic (exact) mass is 367 g/mol. The zero-order valence-electron chi connectivity index (χ0n) is 15.1. The maximum Gasteiger partial charge on any atom is 0.182 e. The molecule has 0 atom stereocenters. The second kappa shape index (κ2) is 8.01. The number of rotatable bonds is 6. The summed E-state index contributed by atoms with van der Waals surface area (Å²) in [6.07, 6.45) is 3.25. The lowest BCUT2D eigenvalue weighted by Crippen LogP contribution is -2.32. The van der Waals surface area contributed by atoms with Crippen molar-refractivity contribution in [1.82, 2.24) is 20.1 Å². The SMILES string of the molecule is CNc1nc(CN2CCC(c3cc(Cc4ccccc4)[nH]n3)CC2)cs1. The summed E-state index contributed by atoms with van der Waals surface area (Å²) in [5.74, 6) is 0.565. The van der Waals surface area contributed by atoms with E-state index in [2.05, 4.69) is 67.2 Å². The molecule has 1 aliphatic rings. The van der Waals surface area contributed by atoms with Gasteiger partial charge >= 0.3 is 0 Å². The van der Waals surface area contributed by atoms with E-state index in [1.54, 1.807) is 11.3 Å². The van der Waals surface area contributed by atoms with Crippen LogP contribution < -0.4 is 5.32 Å². The van der Waals surface area contributed by atoms with Crippen LogP contribution in [-0.4, -0.2) is 40.2 Å². The van der Waals surface area contributed by atoms with Gasteiger partial charge in [-0.05, 0) is 37.6 Å². The van der Waals surface area contributed by atoms with Crippen LogP contribution in [0.15, 0.2) is 41.8 Å². The van der Waals surface area contributed by atoms with Crippen LogP contribution in [0.4, 0.5) is 5.13 Å². The molecule has 1 aliphatic heterocycles. The Kier molecular flexibility index (Phi) is 5.32. The molecular formula is C20H25N5S. The number of nitrogens with zero attached hydrogens (tertiary/aromatic N) is 3. The molecule has 5 nitrogen and oxygen atoms in total.